The van der Waals surface area contributed by atoms with Crippen LogP contribution in [0.4, 0.5) is 9.93 Å². The molecule has 19 heavy (non-hydrogen) atoms. The minimum atomic E-state index is -0.834. The van der Waals surface area contributed by atoms with Crippen LogP contribution in [-0.2, 0) is 5.41 Å². The molecule has 0 bridgehead atoms. The number of aliphatic hydroxyl groups is 1. The molecule has 1 fully saturated rings. The quantitative estimate of drug-likeness (QED) is 0.919. The second-order valence-electron chi connectivity index (χ2n) is 5.72. The van der Waals surface area contributed by atoms with Gasteiger partial charge in [-0.25, -0.2) is 9.69 Å². The zero-order valence-corrected chi connectivity index (χ0v) is 12.6. The maximum Gasteiger partial charge on any atom is 0.328 e. The summed E-state index contributed by atoms with van der Waals surface area (Å²) in [7, 11) is 0. The molecule has 1 aromatic heterocycles. The van der Waals surface area contributed by atoms with Gasteiger partial charge in [-0.05, 0) is 6.42 Å². The van der Waals surface area contributed by atoms with Gasteiger partial charge in [-0.1, -0.05) is 39.0 Å². The highest BCUT2D eigenvalue weighted by Crippen LogP contribution is 2.32. The third-order valence-corrected chi connectivity index (χ3v) is 4.26. The zero-order valence-electron chi connectivity index (χ0n) is 11.8. The number of nitrogens with zero attached hydrogens (tertiary/aromatic N) is 4. The Kier molecular flexibility index (Phi) is 3.78. The lowest BCUT2D eigenvalue weighted by Crippen LogP contribution is -2.35. The lowest BCUT2D eigenvalue weighted by Gasteiger charge is -2.16. The van der Waals surface area contributed by atoms with Gasteiger partial charge in [0.1, 0.15) is 5.01 Å². The predicted octanol–water partition coefficient (Wildman–Crippen LogP) is 1.81. The third kappa shape index (κ3) is 2.71. The molecule has 1 saturated heterocycles. The van der Waals surface area contributed by atoms with Crippen molar-refractivity contribution in [3.63, 3.8) is 0 Å². The SMILES string of the molecule is CCCN1CC(O)N(c2nnc(C(C)(C)C)s2)C1=O. The molecule has 1 aliphatic heterocycles. The maximum absolute atomic E-state index is 12.2. The van der Waals surface area contributed by atoms with Crippen LogP contribution in [0.2, 0.25) is 0 Å². The number of anilines is 1. The first-order valence-corrected chi connectivity index (χ1v) is 7.26. The Morgan fingerprint density at radius 3 is 2.63 bits per heavy atom. The van der Waals surface area contributed by atoms with E-state index in [1.54, 1.807) is 4.90 Å². The number of hydrogen-bond acceptors (Lipinski definition) is 5. The van der Waals surface area contributed by atoms with E-state index in [0.29, 0.717) is 18.2 Å². The molecule has 0 saturated carbocycles. The fourth-order valence-electron chi connectivity index (χ4n) is 1.92. The second-order valence-corrected chi connectivity index (χ2v) is 6.67. The summed E-state index contributed by atoms with van der Waals surface area (Å²) in [6, 6.07) is -0.189. The van der Waals surface area contributed by atoms with Crippen molar-refractivity contribution in [3.8, 4) is 0 Å². The second kappa shape index (κ2) is 5.05. The number of carbonyl (C=O) groups excluding carboxylic acids is 1. The molecule has 7 heteroatoms. The Morgan fingerprint density at radius 1 is 1.42 bits per heavy atom. The first-order chi connectivity index (χ1) is 8.84. The highest BCUT2D eigenvalue weighted by atomic mass is 32.1. The number of amides is 2. The summed E-state index contributed by atoms with van der Waals surface area (Å²) in [5.41, 5.74) is -0.104. The average molecular weight is 284 g/mol. The number of urea groups is 1. The van der Waals surface area contributed by atoms with Crippen molar-refractivity contribution < 1.29 is 9.90 Å². The van der Waals surface area contributed by atoms with Crippen LogP contribution in [0.1, 0.15) is 39.1 Å². The van der Waals surface area contributed by atoms with E-state index < -0.39 is 6.23 Å². The van der Waals surface area contributed by atoms with Crippen LogP contribution in [0.5, 0.6) is 0 Å². The van der Waals surface area contributed by atoms with Crippen LogP contribution in [-0.4, -0.2) is 45.6 Å². The fraction of sp³-hybridized carbons (Fsp3) is 0.750. The highest BCUT2D eigenvalue weighted by molar-refractivity contribution is 7.15. The van der Waals surface area contributed by atoms with Crippen molar-refractivity contribution in [2.24, 2.45) is 0 Å². The molecule has 0 radical (unpaired) electrons. The van der Waals surface area contributed by atoms with E-state index in [4.69, 9.17) is 0 Å². The van der Waals surface area contributed by atoms with E-state index in [9.17, 15) is 9.90 Å². The molecule has 6 nitrogen and oxygen atoms in total. The third-order valence-electron chi connectivity index (χ3n) is 2.91. The topological polar surface area (TPSA) is 69.6 Å². The summed E-state index contributed by atoms with van der Waals surface area (Å²) < 4.78 is 0. The van der Waals surface area contributed by atoms with Gasteiger partial charge < -0.3 is 10.0 Å². The van der Waals surface area contributed by atoms with Gasteiger partial charge in [-0.3, -0.25) is 0 Å². The first-order valence-electron chi connectivity index (χ1n) is 6.44. The summed E-state index contributed by atoms with van der Waals surface area (Å²) in [5, 5.41) is 19.5. The van der Waals surface area contributed by atoms with E-state index in [1.165, 1.54) is 16.2 Å². The normalized spacial score (nSPS) is 20.5. The van der Waals surface area contributed by atoms with E-state index >= 15 is 0 Å². The molecule has 1 atom stereocenters. The molecular formula is C12H20N4O2S. The zero-order chi connectivity index (χ0) is 14.2. The lowest BCUT2D eigenvalue weighted by molar-refractivity contribution is 0.177. The van der Waals surface area contributed by atoms with Crippen LogP contribution < -0.4 is 4.90 Å². The van der Waals surface area contributed by atoms with Gasteiger partial charge in [0.2, 0.25) is 5.13 Å². The largest absolute Gasteiger partial charge is 0.371 e. The van der Waals surface area contributed by atoms with Gasteiger partial charge in [0.25, 0.3) is 0 Å². The molecule has 0 aliphatic carbocycles. The van der Waals surface area contributed by atoms with E-state index in [1.807, 2.05) is 27.7 Å². The van der Waals surface area contributed by atoms with E-state index in [-0.39, 0.29) is 11.4 Å². The molecule has 106 valence electrons. The van der Waals surface area contributed by atoms with Crippen molar-refractivity contribution in [3.05, 3.63) is 5.01 Å². The summed E-state index contributed by atoms with van der Waals surface area (Å²) >= 11 is 1.36. The molecule has 2 amide bonds. The minimum Gasteiger partial charge on any atom is -0.371 e. The van der Waals surface area contributed by atoms with Crippen molar-refractivity contribution in [2.45, 2.75) is 45.8 Å². The van der Waals surface area contributed by atoms with Gasteiger partial charge in [-0.15, -0.1) is 10.2 Å². The molecule has 2 heterocycles. The van der Waals surface area contributed by atoms with E-state index in [2.05, 4.69) is 10.2 Å². The highest BCUT2D eigenvalue weighted by Gasteiger charge is 2.39. The molecule has 1 aliphatic rings. The lowest BCUT2D eigenvalue weighted by atomic mass is 9.98. The molecule has 0 aromatic carbocycles. The number of aliphatic hydroxyl groups excluding tert-OH is 1. The fourth-order valence-corrected chi connectivity index (χ4v) is 2.86. The summed E-state index contributed by atoms with van der Waals surface area (Å²) in [6.07, 6.45) is 0.0372. The standard InChI is InChI=1S/C12H20N4O2S/c1-5-6-15-7-8(17)16(11(15)18)10-14-13-9(19-10)12(2,3)4/h8,17H,5-7H2,1-4H3. The van der Waals surface area contributed by atoms with Gasteiger partial charge in [0, 0.05) is 12.0 Å². The maximum atomic E-state index is 12.2. The van der Waals surface area contributed by atoms with Crippen molar-refractivity contribution in [1.29, 1.82) is 0 Å². The average Bonchev–Trinajstić information content (AvgIpc) is 2.85. The smallest absolute Gasteiger partial charge is 0.328 e. The van der Waals surface area contributed by atoms with Gasteiger partial charge >= 0.3 is 6.03 Å². The predicted molar refractivity (Wildman–Crippen MR) is 74.4 cm³/mol. The Hall–Kier alpha value is -1.21. The van der Waals surface area contributed by atoms with Crippen LogP contribution in [0.25, 0.3) is 0 Å². The number of aromatic nitrogens is 2. The van der Waals surface area contributed by atoms with Crippen LogP contribution >= 0.6 is 11.3 Å². The summed E-state index contributed by atoms with van der Waals surface area (Å²) in [5.74, 6) is 0. The monoisotopic (exact) mass is 284 g/mol. The minimum absolute atomic E-state index is 0.104. The van der Waals surface area contributed by atoms with Crippen molar-refractivity contribution in [2.75, 3.05) is 18.0 Å². The molecule has 1 aromatic rings. The molecular weight excluding hydrogens is 264 g/mol. The Morgan fingerprint density at radius 2 is 2.11 bits per heavy atom. The van der Waals surface area contributed by atoms with Crippen molar-refractivity contribution in [1.82, 2.24) is 15.1 Å². The number of carbonyl (C=O) groups is 1. The van der Waals surface area contributed by atoms with Gasteiger partial charge in [-0.2, -0.15) is 0 Å². The molecule has 1 unspecified atom stereocenters. The summed E-state index contributed by atoms with van der Waals surface area (Å²) in [6.45, 7) is 9.12. The van der Waals surface area contributed by atoms with E-state index in [0.717, 1.165) is 11.4 Å². The Labute approximate surface area is 117 Å². The van der Waals surface area contributed by atoms with Crippen LogP contribution in [0, 0.1) is 0 Å². The van der Waals surface area contributed by atoms with Gasteiger partial charge in [0.15, 0.2) is 6.23 Å². The molecule has 0 spiro atoms. The summed E-state index contributed by atoms with van der Waals surface area (Å²) in [4.78, 5) is 15.2. The number of β-amino-alcohol motifs (C(OH)–C–C–N with tert-alkyl or cyclic N) is 1. The van der Waals surface area contributed by atoms with Crippen LogP contribution in [0.15, 0.2) is 0 Å². The van der Waals surface area contributed by atoms with Crippen LogP contribution in [0.3, 0.4) is 0 Å². The van der Waals surface area contributed by atoms with Gasteiger partial charge in [0.05, 0.1) is 6.54 Å². The Bertz CT molecular complexity index is 469. The Balaban J connectivity index is 2.22. The molecule has 1 N–H and O–H groups in total. The number of rotatable bonds is 3. The number of hydrogen-bond donors (Lipinski definition) is 1. The first kappa shape index (κ1) is 14.2. The molecule has 2 rings (SSSR count). The van der Waals surface area contributed by atoms with Crippen molar-refractivity contribution >= 4 is 22.5 Å².